The van der Waals surface area contributed by atoms with Crippen molar-refractivity contribution in [1.29, 1.82) is 0 Å². The van der Waals surface area contributed by atoms with Crippen LogP contribution in [0.5, 0.6) is 0 Å². The average molecular weight is 430 g/mol. The minimum Gasteiger partial charge on any atom is -0.469 e. The molecule has 7 nitrogen and oxygen atoms in total. The lowest BCUT2D eigenvalue weighted by Crippen LogP contribution is -2.45. The second-order valence-electron chi connectivity index (χ2n) is 8.20. The van der Waals surface area contributed by atoms with Crippen molar-refractivity contribution in [3.05, 3.63) is 35.0 Å². The van der Waals surface area contributed by atoms with Gasteiger partial charge in [0.25, 0.3) is 0 Å². The zero-order valence-corrected chi connectivity index (χ0v) is 17.2. The van der Waals surface area contributed by atoms with E-state index in [1.54, 1.807) is 6.07 Å². The van der Waals surface area contributed by atoms with Crippen molar-refractivity contribution in [1.82, 2.24) is 25.1 Å². The van der Waals surface area contributed by atoms with E-state index in [0.29, 0.717) is 51.5 Å². The van der Waals surface area contributed by atoms with E-state index in [9.17, 15) is 9.18 Å². The number of rotatable bonds is 4. The third-order valence-corrected chi connectivity index (χ3v) is 6.92. The molecule has 9 heteroatoms. The van der Waals surface area contributed by atoms with Crippen molar-refractivity contribution >= 4 is 28.6 Å². The molecule has 1 N–H and O–H groups in total. The fraction of sp³-hybridized carbons (Fsp3) is 0.476. The van der Waals surface area contributed by atoms with Gasteiger partial charge < -0.3 is 4.74 Å². The van der Waals surface area contributed by atoms with E-state index in [-0.39, 0.29) is 17.8 Å². The Morgan fingerprint density at radius 3 is 2.77 bits per heavy atom. The molecule has 3 heterocycles. The van der Waals surface area contributed by atoms with Gasteiger partial charge >= 0.3 is 5.97 Å². The summed E-state index contributed by atoms with van der Waals surface area (Å²) in [6.45, 7) is 0. The predicted molar refractivity (Wildman–Crippen MR) is 108 cm³/mol. The zero-order valence-electron chi connectivity index (χ0n) is 16.4. The Balaban J connectivity index is 1.50. The summed E-state index contributed by atoms with van der Waals surface area (Å²) in [7, 11) is 1.42. The molecule has 3 aromatic rings. The predicted octanol–water partition coefficient (Wildman–Crippen LogP) is 3.98. The molecule has 0 spiro atoms. The Bertz CT molecular complexity index is 1110. The SMILES string of the molecule is COC(=O)[C@H]1C2CCC(CC2)[C@@H]1Cc1nc(-c2[nH]nc3ncc(Cl)cc23)ncc1F. The van der Waals surface area contributed by atoms with E-state index in [1.165, 1.54) is 19.5 Å². The second kappa shape index (κ2) is 7.58. The number of carbonyl (C=O) groups is 1. The van der Waals surface area contributed by atoms with Crippen molar-refractivity contribution in [3.8, 4) is 11.5 Å². The van der Waals surface area contributed by atoms with Crippen LogP contribution in [0, 0.1) is 29.5 Å². The van der Waals surface area contributed by atoms with Crippen molar-refractivity contribution in [2.45, 2.75) is 32.1 Å². The molecule has 0 radical (unpaired) electrons. The molecule has 3 aromatic heterocycles. The highest BCUT2D eigenvalue weighted by Crippen LogP contribution is 2.50. The topological polar surface area (TPSA) is 93.7 Å². The number of aromatic amines is 1. The second-order valence-corrected chi connectivity index (χ2v) is 8.64. The van der Waals surface area contributed by atoms with Gasteiger partial charge in [-0.1, -0.05) is 11.6 Å². The average Bonchev–Trinajstić information content (AvgIpc) is 3.18. The molecule has 3 saturated carbocycles. The van der Waals surface area contributed by atoms with Gasteiger partial charge in [-0.3, -0.25) is 9.89 Å². The zero-order chi connectivity index (χ0) is 20.8. The standard InChI is InChI=1S/C21H21ClFN5O2/c1-30-21(29)17-11-4-2-10(3-5-11)13(17)7-16-15(23)9-25-20(26-16)18-14-6-12(22)8-24-19(14)28-27-18/h6,8-11,13,17H,2-5,7H2,1H3,(H,24,27,28)/t10?,11?,13-,17-/m0/s1. The Labute approximate surface area is 177 Å². The number of hydrogen-bond acceptors (Lipinski definition) is 6. The van der Waals surface area contributed by atoms with Crippen LogP contribution >= 0.6 is 11.6 Å². The van der Waals surface area contributed by atoms with Gasteiger partial charge in [-0.15, -0.1) is 0 Å². The fourth-order valence-electron chi connectivity index (χ4n) is 5.31. The number of nitrogens with zero attached hydrogens (tertiary/aromatic N) is 4. The molecule has 2 atom stereocenters. The summed E-state index contributed by atoms with van der Waals surface area (Å²) in [6, 6.07) is 1.72. The number of fused-ring (bicyclic) bond motifs is 4. The summed E-state index contributed by atoms with van der Waals surface area (Å²) in [6.07, 6.45) is 7.27. The highest BCUT2D eigenvalue weighted by Gasteiger charge is 2.47. The molecule has 2 bridgehead atoms. The van der Waals surface area contributed by atoms with Gasteiger partial charge in [-0.25, -0.2) is 19.3 Å². The summed E-state index contributed by atoms with van der Waals surface area (Å²) in [5, 5.41) is 8.16. The number of carbonyl (C=O) groups excluding carboxylic acids is 1. The van der Waals surface area contributed by atoms with Gasteiger partial charge in [-0.2, -0.15) is 5.10 Å². The first-order chi connectivity index (χ1) is 14.5. The van der Waals surface area contributed by atoms with Gasteiger partial charge in [0.15, 0.2) is 17.3 Å². The van der Waals surface area contributed by atoms with Gasteiger partial charge in [0.1, 0.15) is 5.69 Å². The number of esters is 1. The number of nitrogens with one attached hydrogen (secondary N) is 1. The number of hydrogen-bond donors (Lipinski definition) is 1. The first-order valence-corrected chi connectivity index (χ1v) is 10.5. The minimum atomic E-state index is -0.469. The van der Waals surface area contributed by atoms with Crippen LogP contribution in [0.15, 0.2) is 18.5 Å². The lowest BCUT2D eigenvalue weighted by Gasteiger charge is -2.47. The monoisotopic (exact) mass is 429 g/mol. The molecule has 0 aliphatic heterocycles. The largest absolute Gasteiger partial charge is 0.469 e. The molecule has 30 heavy (non-hydrogen) atoms. The number of aromatic nitrogens is 5. The van der Waals surface area contributed by atoms with E-state index in [4.69, 9.17) is 16.3 Å². The summed E-state index contributed by atoms with van der Waals surface area (Å²) >= 11 is 6.07. The first kappa shape index (κ1) is 19.4. The van der Waals surface area contributed by atoms with E-state index in [2.05, 4.69) is 25.1 Å². The molecule has 0 saturated heterocycles. The summed E-state index contributed by atoms with van der Waals surface area (Å²) in [5.74, 6) is 0.185. The Hall–Kier alpha value is -2.61. The van der Waals surface area contributed by atoms with Crippen LogP contribution in [-0.2, 0) is 16.0 Å². The number of halogens is 2. The van der Waals surface area contributed by atoms with Crippen LogP contribution in [0.4, 0.5) is 4.39 Å². The third-order valence-electron chi connectivity index (χ3n) is 6.71. The number of pyridine rings is 1. The fourth-order valence-corrected chi connectivity index (χ4v) is 5.46. The third kappa shape index (κ3) is 3.23. The molecular formula is C21H21ClFN5O2. The van der Waals surface area contributed by atoms with E-state index in [1.807, 2.05) is 0 Å². The van der Waals surface area contributed by atoms with Crippen LogP contribution in [0.2, 0.25) is 5.02 Å². The quantitative estimate of drug-likeness (QED) is 0.630. The molecule has 3 aliphatic rings. The number of methoxy groups -OCH3 is 1. The maximum absolute atomic E-state index is 14.7. The van der Waals surface area contributed by atoms with E-state index in [0.717, 1.165) is 25.7 Å². The van der Waals surface area contributed by atoms with Crippen molar-refractivity contribution in [3.63, 3.8) is 0 Å². The Morgan fingerprint density at radius 2 is 2.00 bits per heavy atom. The van der Waals surface area contributed by atoms with Crippen LogP contribution in [0.3, 0.4) is 0 Å². The Kier molecular flexibility index (Phi) is 4.89. The lowest BCUT2D eigenvalue weighted by atomic mass is 9.57. The van der Waals surface area contributed by atoms with Crippen LogP contribution in [0.25, 0.3) is 22.6 Å². The smallest absolute Gasteiger partial charge is 0.309 e. The highest BCUT2D eigenvalue weighted by atomic mass is 35.5. The summed E-state index contributed by atoms with van der Waals surface area (Å²) in [4.78, 5) is 25.3. The van der Waals surface area contributed by atoms with Crippen molar-refractivity contribution in [2.75, 3.05) is 7.11 Å². The molecule has 3 aliphatic carbocycles. The summed E-state index contributed by atoms with van der Waals surface area (Å²) < 4.78 is 19.8. The van der Waals surface area contributed by atoms with Gasteiger partial charge in [0, 0.05) is 6.20 Å². The highest BCUT2D eigenvalue weighted by molar-refractivity contribution is 6.31. The molecule has 0 amide bonds. The number of ether oxygens (including phenoxy) is 1. The Morgan fingerprint density at radius 1 is 1.23 bits per heavy atom. The van der Waals surface area contributed by atoms with Crippen LogP contribution in [-0.4, -0.2) is 38.2 Å². The first-order valence-electron chi connectivity index (χ1n) is 10.1. The van der Waals surface area contributed by atoms with Crippen molar-refractivity contribution in [2.24, 2.45) is 23.7 Å². The molecule has 6 rings (SSSR count). The van der Waals surface area contributed by atoms with Crippen molar-refractivity contribution < 1.29 is 13.9 Å². The van der Waals surface area contributed by atoms with E-state index >= 15 is 0 Å². The molecular weight excluding hydrogens is 409 g/mol. The summed E-state index contributed by atoms with van der Waals surface area (Å²) in [5.41, 5.74) is 1.33. The maximum Gasteiger partial charge on any atom is 0.309 e. The molecule has 0 unspecified atom stereocenters. The van der Waals surface area contributed by atoms with Gasteiger partial charge in [-0.05, 0) is 55.9 Å². The normalized spacial score (nSPS) is 25.6. The molecule has 3 fully saturated rings. The van der Waals surface area contributed by atoms with E-state index < -0.39 is 5.82 Å². The minimum absolute atomic E-state index is 0.0248. The maximum atomic E-state index is 14.7. The molecule has 0 aromatic carbocycles. The van der Waals surface area contributed by atoms with Crippen LogP contribution in [0.1, 0.15) is 31.4 Å². The van der Waals surface area contributed by atoms with Gasteiger partial charge in [0.05, 0.1) is 35.3 Å². The number of H-pyrrole nitrogens is 1. The van der Waals surface area contributed by atoms with Crippen LogP contribution < -0.4 is 0 Å². The molecule has 156 valence electrons. The lowest BCUT2D eigenvalue weighted by molar-refractivity contribution is -0.156. The van der Waals surface area contributed by atoms with Gasteiger partial charge in [0.2, 0.25) is 0 Å².